The number of thiophene rings is 1. The minimum absolute atomic E-state index is 0.0184. The highest BCUT2D eigenvalue weighted by molar-refractivity contribution is 7.15. The van der Waals surface area contributed by atoms with Gasteiger partial charge in [0.25, 0.3) is 5.91 Å². The smallest absolute Gasteiger partial charge is 0.259 e. The Morgan fingerprint density at radius 2 is 1.88 bits per heavy atom. The summed E-state index contributed by atoms with van der Waals surface area (Å²) in [5.74, 6) is -0.212. The van der Waals surface area contributed by atoms with Crippen LogP contribution < -0.4 is 0 Å². The normalized spacial score (nSPS) is 14.9. The Labute approximate surface area is 189 Å². The van der Waals surface area contributed by atoms with Crippen LogP contribution in [0.4, 0.5) is 4.39 Å². The van der Waals surface area contributed by atoms with Gasteiger partial charge in [0.05, 0.1) is 6.20 Å². The zero-order valence-electron chi connectivity index (χ0n) is 18.1. The number of amides is 1. The minimum atomic E-state index is -0.194. The number of aromatic nitrogens is 3. The summed E-state index contributed by atoms with van der Waals surface area (Å²) >= 11 is 1.62. The van der Waals surface area contributed by atoms with E-state index < -0.39 is 0 Å². The molecule has 4 heterocycles. The van der Waals surface area contributed by atoms with Gasteiger partial charge in [0.15, 0.2) is 5.65 Å². The second-order valence-corrected chi connectivity index (χ2v) is 9.32. The van der Waals surface area contributed by atoms with Crippen molar-refractivity contribution in [3.05, 3.63) is 76.3 Å². The molecule has 8 heteroatoms. The lowest BCUT2D eigenvalue weighted by Gasteiger charge is -2.34. The average molecular weight is 450 g/mol. The van der Waals surface area contributed by atoms with Gasteiger partial charge in [0.2, 0.25) is 0 Å². The lowest BCUT2D eigenvalue weighted by atomic mass is 10.2. The van der Waals surface area contributed by atoms with Crippen LogP contribution in [-0.4, -0.2) is 56.5 Å². The first-order valence-electron chi connectivity index (χ1n) is 10.7. The number of nitrogens with zero attached hydrogens (tertiary/aromatic N) is 5. The molecule has 1 saturated heterocycles. The standard InChI is InChI=1S/C24H24FN5OS/c1-16-13-17(2)30-23(27-16)20(14-26-30)24(31)29-11-9-28(10-12-29)15-18-7-8-22(32-18)19-5-3-4-6-21(19)25/h3-8,13-14H,9-12,15H2,1-2H3. The van der Waals surface area contributed by atoms with Crippen LogP contribution in [0, 0.1) is 19.7 Å². The van der Waals surface area contributed by atoms with Gasteiger partial charge in [-0.15, -0.1) is 11.3 Å². The number of aryl methyl sites for hydroxylation is 2. The Morgan fingerprint density at radius 3 is 2.66 bits per heavy atom. The Bertz CT molecular complexity index is 1290. The van der Waals surface area contributed by atoms with E-state index in [1.54, 1.807) is 28.1 Å². The molecule has 0 spiro atoms. The monoisotopic (exact) mass is 449 g/mol. The summed E-state index contributed by atoms with van der Waals surface area (Å²) in [6.45, 7) is 7.60. The molecule has 3 aromatic heterocycles. The van der Waals surface area contributed by atoms with Crippen LogP contribution in [0.1, 0.15) is 26.6 Å². The number of fused-ring (bicyclic) bond motifs is 1. The average Bonchev–Trinajstić information content (AvgIpc) is 3.41. The number of rotatable bonds is 4. The van der Waals surface area contributed by atoms with Gasteiger partial charge in [-0.25, -0.2) is 13.9 Å². The van der Waals surface area contributed by atoms with E-state index in [-0.39, 0.29) is 11.7 Å². The topological polar surface area (TPSA) is 53.7 Å². The number of benzene rings is 1. The molecule has 0 atom stereocenters. The number of halogens is 1. The van der Waals surface area contributed by atoms with Crippen molar-refractivity contribution in [1.29, 1.82) is 0 Å². The third kappa shape index (κ3) is 3.91. The molecule has 0 N–H and O–H groups in total. The van der Waals surface area contributed by atoms with E-state index in [0.717, 1.165) is 35.9 Å². The second-order valence-electron chi connectivity index (χ2n) is 8.15. The lowest BCUT2D eigenvalue weighted by Crippen LogP contribution is -2.48. The Hall–Kier alpha value is -3.10. The molecule has 0 radical (unpaired) electrons. The van der Waals surface area contributed by atoms with Crippen LogP contribution in [0.2, 0.25) is 0 Å². The molecular formula is C24H24FN5OS. The first-order valence-corrected chi connectivity index (χ1v) is 11.5. The highest BCUT2D eigenvalue weighted by Crippen LogP contribution is 2.30. The number of carbonyl (C=O) groups excluding carboxylic acids is 1. The number of hydrogen-bond donors (Lipinski definition) is 0. The van der Waals surface area contributed by atoms with E-state index in [1.165, 1.54) is 10.9 Å². The number of piperazine rings is 1. The third-order valence-electron chi connectivity index (χ3n) is 5.85. The fourth-order valence-electron chi connectivity index (χ4n) is 4.19. The minimum Gasteiger partial charge on any atom is -0.336 e. The summed E-state index contributed by atoms with van der Waals surface area (Å²) in [7, 11) is 0. The SMILES string of the molecule is Cc1cc(C)n2ncc(C(=O)N3CCN(Cc4ccc(-c5ccccc5F)s4)CC3)c2n1. The van der Waals surface area contributed by atoms with E-state index >= 15 is 0 Å². The quantitative estimate of drug-likeness (QED) is 0.469. The van der Waals surface area contributed by atoms with E-state index in [1.807, 2.05) is 43.0 Å². The Morgan fingerprint density at radius 1 is 1.09 bits per heavy atom. The molecule has 1 amide bonds. The van der Waals surface area contributed by atoms with Crippen LogP contribution in [0.15, 0.2) is 48.7 Å². The van der Waals surface area contributed by atoms with E-state index in [9.17, 15) is 9.18 Å². The molecule has 0 bridgehead atoms. The Kier molecular flexibility index (Phi) is 5.48. The van der Waals surface area contributed by atoms with Gasteiger partial charge in [0.1, 0.15) is 11.4 Å². The summed E-state index contributed by atoms with van der Waals surface area (Å²) in [6.07, 6.45) is 1.62. The van der Waals surface area contributed by atoms with Gasteiger partial charge >= 0.3 is 0 Å². The fourth-order valence-corrected chi connectivity index (χ4v) is 5.27. The predicted octanol–water partition coefficient (Wildman–Crippen LogP) is 4.17. The van der Waals surface area contributed by atoms with Crippen molar-refractivity contribution in [1.82, 2.24) is 24.4 Å². The predicted molar refractivity (Wildman–Crippen MR) is 123 cm³/mol. The second kappa shape index (κ2) is 8.44. The summed E-state index contributed by atoms with van der Waals surface area (Å²) in [5, 5.41) is 4.35. The highest BCUT2D eigenvalue weighted by atomic mass is 32.1. The third-order valence-corrected chi connectivity index (χ3v) is 6.95. The van der Waals surface area contributed by atoms with Gasteiger partial charge in [-0.05, 0) is 38.1 Å². The van der Waals surface area contributed by atoms with Crippen molar-refractivity contribution in [3.8, 4) is 10.4 Å². The first kappa shape index (κ1) is 20.8. The Balaban J connectivity index is 1.23. The molecule has 1 aliphatic rings. The van der Waals surface area contributed by atoms with Crippen molar-refractivity contribution < 1.29 is 9.18 Å². The van der Waals surface area contributed by atoms with Crippen molar-refractivity contribution in [2.45, 2.75) is 20.4 Å². The van der Waals surface area contributed by atoms with Gasteiger partial charge < -0.3 is 4.90 Å². The van der Waals surface area contributed by atoms with Crippen molar-refractivity contribution in [2.75, 3.05) is 26.2 Å². The van der Waals surface area contributed by atoms with Crippen molar-refractivity contribution in [2.24, 2.45) is 0 Å². The first-order chi connectivity index (χ1) is 15.5. The molecule has 1 fully saturated rings. The maximum absolute atomic E-state index is 14.1. The molecule has 164 valence electrons. The molecule has 0 unspecified atom stereocenters. The maximum atomic E-state index is 14.1. The summed E-state index contributed by atoms with van der Waals surface area (Å²) in [6, 6.07) is 12.9. The van der Waals surface area contributed by atoms with E-state index in [4.69, 9.17) is 0 Å². The molecule has 1 aliphatic heterocycles. The van der Waals surface area contributed by atoms with Crippen molar-refractivity contribution >= 4 is 22.9 Å². The zero-order chi connectivity index (χ0) is 22.2. The van der Waals surface area contributed by atoms with Gasteiger partial charge in [0, 0.05) is 59.4 Å². The number of hydrogen-bond acceptors (Lipinski definition) is 5. The van der Waals surface area contributed by atoms with Gasteiger partial charge in [-0.2, -0.15) is 5.10 Å². The molecular weight excluding hydrogens is 425 g/mol. The summed E-state index contributed by atoms with van der Waals surface area (Å²) in [5.41, 5.74) is 3.65. The lowest BCUT2D eigenvalue weighted by molar-refractivity contribution is 0.0631. The van der Waals surface area contributed by atoms with E-state index in [0.29, 0.717) is 29.9 Å². The van der Waals surface area contributed by atoms with Crippen LogP contribution in [0.3, 0.4) is 0 Å². The highest BCUT2D eigenvalue weighted by Gasteiger charge is 2.25. The van der Waals surface area contributed by atoms with E-state index in [2.05, 4.69) is 21.0 Å². The fraction of sp³-hybridized carbons (Fsp3) is 0.292. The van der Waals surface area contributed by atoms with Crippen molar-refractivity contribution in [3.63, 3.8) is 0 Å². The maximum Gasteiger partial charge on any atom is 0.259 e. The molecule has 4 aromatic rings. The zero-order valence-corrected chi connectivity index (χ0v) is 18.9. The summed E-state index contributed by atoms with van der Waals surface area (Å²) in [4.78, 5) is 24.0. The molecule has 1 aromatic carbocycles. The van der Waals surface area contributed by atoms with Crippen LogP contribution >= 0.6 is 11.3 Å². The van der Waals surface area contributed by atoms with Crippen LogP contribution in [-0.2, 0) is 6.54 Å². The molecule has 5 rings (SSSR count). The summed E-state index contributed by atoms with van der Waals surface area (Å²) < 4.78 is 15.8. The van der Waals surface area contributed by atoms with Crippen LogP contribution in [0.25, 0.3) is 16.1 Å². The molecule has 0 aliphatic carbocycles. The molecule has 6 nitrogen and oxygen atoms in total. The largest absolute Gasteiger partial charge is 0.336 e. The number of carbonyl (C=O) groups is 1. The van der Waals surface area contributed by atoms with Gasteiger partial charge in [-0.3, -0.25) is 9.69 Å². The van der Waals surface area contributed by atoms with Gasteiger partial charge in [-0.1, -0.05) is 18.2 Å². The molecule has 32 heavy (non-hydrogen) atoms. The molecule has 0 saturated carbocycles. The van der Waals surface area contributed by atoms with Crippen LogP contribution in [0.5, 0.6) is 0 Å².